The Labute approximate surface area is 146 Å². The monoisotopic (exact) mass is 381 g/mol. The van der Waals surface area contributed by atoms with Crippen molar-refractivity contribution in [1.82, 2.24) is 5.32 Å². The summed E-state index contributed by atoms with van der Waals surface area (Å²) in [7, 11) is 0. The van der Waals surface area contributed by atoms with Gasteiger partial charge < -0.3 is 9.47 Å². The normalized spacial score (nSPS) is 28.8. The molecule has 0 bridgehead atoms. The number of fused-ring (bicyclic) bond motifs is 1. The molecule has 0 radical (unpaired) electrons. The van der Waals surface area contributed by atoms with Crippen LogP contribution in [-0.4, -0.2) is 31.0 Å². The molecule has 1 N–H and O–H groups in total. The number of hydrogen-bond donors (Lipinski definition) is 1. The molecular weight excluding hydrogens is 366 g/mol. The molecule has 1 saturated carbocycles. The van der Waals surface area contributed by atoms with Crippen molar-refractivity contribution < 1.29 is 31.8 Å². The molecule has 138 valence electrons. The van der Waals surface area contributed by atoms with Crippen LogP contribution in [0.5, 0.6) is 0 Å². The van der Waals surface area contributed by atoms with Gasteiger partial charge in [0.2, 0.25) is 0 Å². The number of ether oxygens (including phenoxy) is 2. The van der Waals surface area contributed by atoms with Crippen LogP contribution in [0.2, 0.25) is 5.02 Å². The highest BCUT2D eigenvalue weighted by molar-refractivity contribution is 6.31. The molecule has 9 heteroatoms. The molecule has 2 fully saturated rings. The van der Waals surface area contributed by atoms with Gasteiger partial charge in [0.1, 0.15) is 5.82 Å². The lowest BCUT2D eigenvalue weighted by Crippen LogP contribution is -2.38. The van der Waals surface area contributed by atoms with E-state index in [-0.39, 0.29) is 29.6 Å². The molecule has 4 atom stereocenters. The van der Waals surface area contributed by atoms with Gasteiger partial charge in [-0.1, -0.05) is 17.7 Å². The van der Waals surface area contributed by atoms with Gasteiger partial charge in [0.15, 0.2) is 6.23 Å². The number of alkyl halides is 3. The number of benzene rings is 1. The van der Waals surface area contributed by atoms with Gasteiger partial charge in [-0.05, 0) is 36.5 Å². The summed E-state index contributed by atoms with van der Waals surface area (Å²) >= 11 is 5.94. The van der Waals surface area contributed by atoms with Crippen molar-refractivity contribution >= 4 is 17.6 Å². The van der Waals surface area contributed by atoms with E-state index < -0.39 is 24.2 Å². The van der Waals surface area contributed by atoms with E-state index in [0.717, 1.165) is 0 Å². The van der Waals surface area contributed by atoms with Crippen molar-refractivity contribution in [1.29, 1.82) is 0 Å². The summed E-state index contributed by atoms with van der Waals surface area (Å²) in [6, 6.07) is 4.01. The SMILES string of the molecule is O=C(OC1NCC2CC(OCc3ccc(F)cc3Cl)CC21)C(F)(F)F. The first-order chi connectivity index (χ1) is 11.7. The molecule has 0 spiro atoms. The maximum atomic E-state index is 13.0. The van der Waals surface area contributed by atoms with Crippen LogP contribution in [0.1, 0.15) is 18.4 Å². The van der Waals surface area contributed by atoms with Gasteiger partial charge in [0, 0.05) is 17.5 Å². The van der Waals surface area contributed by atoms with E-state index in [1.54, 1.807) is 0 Å². The zero-order valence-corrected chi connectivity index (χ0v) is 13.7. The van der Waals surface area contributed by atoms with Crippen LogP contribution in [0, 0.1) is 17.7 Å². The zero-order chi connectivity index (χ0) is 18.2. The molecule has 1 saturated heterocycles. The summed E-state index contributed by atoms with van der Waals surface area (Å²) in [5, 5.41) is 3.07. The molecule has 4 nitrogen and oxygen atoms in total. The maximum Gasteiger partial charge on any atom is 0.490 e. The quantitative estimate of drug-likeness (QED) is 0.641. The fourth-order valence-electron chi connectivity index (χ4n) is 3.42. The molecule has 4 unspecified atom stereocenters. The van der Waals surface area contributed by atoms with E-state index in [4.69, 9.17) is 16.3 Å². The number of esters is 1. The van der Waals surface area contributed by atoms with Gasteiger partial charge in [-0.15, -0.1) is 0 Å². The molecule has 25 heavy (non-hydrogen) atoms. The van der Waals surface area contributed by atoms with Gasteiger partial charge >= 0.3 is 12.1 Å². The first-order valence-corrected chi connectivity index (χ1v) is 8.18. The standard InChI is InChI=1S/C16H16ClF4NO3/c17-13-4-10(18)2-1-8(13)7-24-11-3-9-6-22-14(12(9)5-11)25-15(23)16(19,20)21/h1-2,4,9,11-12,14,22H,3,5-7H2. The van der Waals surface area contributed by atoms with Crippen molar-refractivity contribution in [2.45, 2.75) is 38.0 Å². The summed E-state index contributed by atoms with van der Waals surface area (Å²) in [5.41, 5.74) is 0.637. The molecule has 2 aliphatic rings. The third-order valence-electron chi connectivity index (χ3n) is 4.63. The number of nitrogens with one attached hydrogen (secondary N) is 1. The van der Waals surface area contributed by atoms with E-state index in [0.29, 0.717) is 24.9 Å². The number of halogens is 5. The Morgan fingerprint density at radius 2 is 2.08 bits per heavy atom. The Bertz CT molecular complexity index is 655. The van der Waals surface area contributed by atoms with Gasteiger partial charge in [-0.2, -0.15) is 13.2 Å². The van der Waals surface area contributed by atoms with Crippen molar-refractivity contribution in [3.05, 3.63) is 34.6 Å². The Balaban J connectivity index is 1.53. The summed E-state index contributed by atoms with van der Waals surface area (Å²) in [6.07, 6.45) is -5.01. The minimum atomic E-state index is -5.01. The van der Waals surface area contributed by atoms with Crippen molar-refractivity contribution in [2.75, 3.05) is 6.54 Å². The van der Waals surface area contributed by atoms with Crippen molar-refractivity contribution in [3.8, 4) is 0 Å². The number of carbonyl (C=O) groups excluding carboxylic acids is 1. The zero-order valence-electron chi connectivity index (χ0n) is 13.0. The van der Waals surface area contributed by atoms with Crippen LogP contribution < -0.4 is 5.32 Å². The highest BCUT2D eigenvalue weighted by Gasteiger charge is 2.49. The van der Waals surface area contributed by atoms with E-state index >= 15 is 0 Å². The molecule has 0 amide bonds. The maximum absolute atomic E-state index is 13.0. The highest BCUT2D eigenvalue weighted by Crippen LogP contribution is 2.40. The predicted molar refractivity (Wildman–Crippen MR) is 80.1 cm³/mol. The number of carbonyl (C=O) groups is 1. The molecule has 1 aliphatic carbocycles. The molecule has 0 aromatic heterocycles. The topological polar surface area (TPSA) is 47.6 Å². The lowest BCUT2D eigenvalue weighted by atomic mass is 9.99. The van der Waals surface area contributed by atoms with Crippen LogP contribution in [0.25, 0.3) is 0 Å². The lowest BCUT2D eigenvalue weighted by Gasteiger charge is -2.20. The minimum absolute atomic E-state index is 0.0831. The second-order valence-corrected chi connectivity index (χ2v) is 6.70. The van der Waals surface area contributed by atoms with Gasteiger partial charge in [-0.25, -0.2) is 9.18 Å². The van der Waals surface area contributed by atoms with E-state index in [1.165, 1.54) is 18.2 Å². The number of rotatable bonds is 4. The summed E-state index contributed by atoms with van der Waals surface area (Å²) < 4.78 is 60.3. The number of hydrogen-bond acceptors (Lipinski definition) is 4. The second-order valence-electron chi connectivity index (χ2n) is 6.30. The summed E-state index contributed by atoms with van der Waals surface area (Å²) in [4.78, 5) is 11.0. The summed E-state index contributed by atoms with van der Waals surface area (Å²) in [6.45, 7) is 0.654. The van der Waals surface area contributed by atoms with Crippen molar-refractivity contribution in [2.24, 2.45) is 11.8 Å². The van der Waals surface area contributed by atoms with Crippen LogP contribution >= 0.6 is 11.6 Å². The smallest absolute Gasteiger partial charge is 0.440 e. The third-order valence-corrected chi connectivity index (χ3v) is 4.98. The van der Waals surface area contributed by atoms with Crippen LogP contribution in [-0.2, 0) is 20.9 Å². The molecular formula is C16H16ClF4NO3. The Hall–Kier alpha value is -1.38. The molecule has 1 heterocycles. The van der Waals surface area contributed by atoms with E-state index in [9.17, 15) is 22.4 Å². The molecule has 1 aromatic carbocycles. The third kappa shape index (κ3) is 4.24. The molecule has 1 aliphatic heterocycles. The second kappa shape index (κ2) is 7.09. The fourth-order valence-corrected chi connectivity index (χ4v) is 3.64. The minimum Gasteiger partial charge on any atom is -0.440 e. The lowest BCUT2D eigenvalue weighted by molar-refractivity contribution is -0.207. The largest absolute Gasteiger partial charge is 0.490 e. The average molecular weight is 382 g/mol. The molecule has 1 aromatic rings. The van der Waals surface area contributed by atoms with Gasteiger partial charge in [0.25, 0.3) is 0 Å². The summed E-state index contributed by atoms with van der Waals surface area (Å²) in [5.74, 6) is -2.77. The van der Waals surface area contributed by atoms with Crippen LogP contribution in [0.4, 0.5) is 17.6 Å². The highest BCUT2D eigenvalue weighted by atomic mass is 35.5. The van der Waals surface area contributed by atoms with Crippen LogP contribution in [0.3, 0.4) is 0 Å². The van der Waals surface area contributed by atoms with Gasteiger partial charge in [-0.3, -0.25) is 5.32 Å². The van der Waals surface area contributed by atoms with Gasteiger partial charge in [0.05, 0.1) is 12.7 Å². The van der Waals surface area contributed by atoms with E-state index in [1.807, 2.05) is 0 Å². The first-order valence-electron chi connectivity index (χ1n) is 7.80. The first kappa shape index (κ1) is 18.4. The van der Waals surface area contributed by atoms with E-state index in [2.05, 4.69) is 10.1 Å². The predicted octanol–water partition coefficient (Wildman–Crippen LogP) is 3.43. The van der Waals surface area contributed by atoms with Crippen molar-refractivity contribution in [3.63, 3.8) is 0 Å². The Morgan fingerprint density at radius 3 is 2.76 bits per heavy atom. The Kier molecular flexibility index (Phi) is 5.22. The average Bonchev–Trinajstić information content (AvgIpc) is 3.07. The fraction of sp³-hybridized carbons (Fsp3) is 0.562. The van der Waals surface area contributed by atoms with Crippen LogP contribution in [0.15, 0.2) is 18.2 Å². The Morgan fingerprint density at radius 1 is 1.32 bits per heavy atom. The molecule has 3 rings (SSSR count).